The molecule has 0 bridgehead atoms. The van der Waals surface area contributed by atoms with Crippen molar-refractivity contribution >= 4 is 0 Å². The van der Waals surface area contributed by atoms with Gasteiger partial charge in [0.1, 0.15) is 126 Å². The van der Waals surface area contributed by atoms with Gasteiger partial charge in [0.05, 0.1) is 22.3 Å². The molecule has 0 heterocycles. The van der Waals surface area contributed by atoms with E-state index in [1.54, 1.807) is 0 Å². The van der Waals surface area contributed by atoms with E-state index in [4.69, 9.17) is 18.9 Å². The molecule has 232 valence electrons. The van der Waals surface area contributed by atoms with Crippen molar-refractivity contribution in [1.29, 1.82) is 42.1 Å². The number of hydrogen-bond donors (Lipinski definition) is 0. The smallest absolute Gasteiger partial charge is 0.138 e. The third-order valence-corrected chi connectivity index (χ3v) is 7.17. The van der Waals surface area contributed by atoms with Crippen molar-refractivity contribution in [2.24, 2.45) is 5.41 Å². The van der Waals surface area contributed by atoms with Crippen LogP contribution in [0.1, 0.15) is 44.5 Å². The van der Waals surface area contributed by atoms with Crippen LogP contribution in [0.2, 0.25) is 0 Å². The summed E-state index contributed by atoms with van der Waals surface area (Å²) in [6.45, 7) is -1.29. The van der Waals surface area contributed by atoms with E-state index >= 15 is 0 Å². The highest BCUT2D eigenvalue weighted by Crippen LogP contribution is 2.32. The lowest BCUT2D eigenvalue weighted by atomic mass is 9.91. The summed E-state index contributed by atoms with van der Waals surface area (Å²) in [4.78, 5) is 0. The Morgan fingerprint density at radius 2 is 0.571 bits per heavy atom. The molecule has 0 radical (unpaired) electrons. The maximum atomic E-state index is 9.81. The van der Waals surface area contributed by atoms with E-state index in [1.165, 1.54) is 72.8 Å². The Morgan fingerprint density at radius 3 is 0.755 bits per heavy atom. The van der Waals surface area contributed by atoms with Gasteiger partial charge in [-0.1, -0.05) is 24.3 Å². The molecule has 0 fully saturated rings. The number of benzene rings is 4. The van der Waals surface area contributed by atoms with Gasteiger partial charge in [-0.25, -0.2) is 0 Å². The molecular formula is C37H20N8O4. The molecule has 0 unspecified atom stereocenters. The lowest BCUT2D eigenvalue weighted by Crippen LogP contribution is -2.45. The Bertz CT molecular complexity index is 1940. The molecule has 12 nitrogen and oxygen atoms in total. The second-order valence-electron chi connectivity index (χ2n) is 10.3. The second kappa shape index (κ2) is 15.8. The van der Waals surface area contributed by atoms with Crippen molar-refractivity contribution < 1.29 is 18.9 Å². The molecule has 0 atom stereocenters. The number of nitriles is 8. The van der Waals surface area contributed by atoms with Crippen LogP contribution in [0, 0.1) is 96.1 Å². The van der Waals surface area contributed by atoms with E-state index in [9.17, 15) is 42.1 Å². The van der Waals surface area contributed by atoms with Crippen LogP contribution in [-0.2, 0) is 0 Å². The van der Waals surface area contributed by atoms with E-state index in [1.807, 2.05) is 48.6 Å². The molecular weight excluding hydrogens is 620 g/mol. The van der Waals surface area contributed by atoms with Crippen molar-refractivity contribution in [3.63, 3.8) is 0 Å². The fourth-order valence-electron chi connectivity index (χ4n) is 4.61. The first-order chi connectivity index (χ1) is 23.9. The number of hydrogen-bond acceptors (Lipinski definition) is 12. The maximum absolute atomic E-state index is 9.81. The Hall–Kier alpha value is -8.00. The highest BCUT2D eigenvalue weighted by molar-refractivity contribution is 5.56. The molecule has 0 aliphatic heterocycles. The predicted molar refractivity (Wildman–Crippen MR) is 168 cm³/mol. The van der Waals surface area contributed by atoms with Gasteiger partial charge in [-0.2, -0.15) is 42.1 Å². The summed E-state index contributed by atoms with van der Waals surface area (Å²) < 4.78 is 24.6. The van der Waals surface area contributed by atoms with Crippen LogP contribution in [0.25, 0.3) is 0 Å². The molecule has 49 heavy (non-hydrogen) atoms. The summed E-state index contributed by atoms with van der Waals surface area (Å²) in [6.07, 6.45) is 0. The second-order valence-corrected chi connectivity index (χ2v) is 10.3. The van der Waals surface area contributed by atoms with Crippen LogP contribution in [0.3, 0.4) is 0 Å². The zero-order chi connectivity index (χ0) is 35.2. The quantitative estimate of drug-likeness (QED) is 0.193. The molecule has 4 rings (SSSR count). The van der Waals surface area contributed by atoms with Gasteiger partial charge in [-0.05, 0) is 48.5 Å². The Kier molecular flexibility index (Phi) is 10.9. The van der Waals surface area contributed by atoms with Gasteiger partial charge in [0.25, 0.3) is 0 Å². The summed E-state index contributed by atoms with van der Waals surface area (Å²) in [7, 11) is 0. The van der Waals surface area contributed by atoms with Gasteiger partial charge in [0.2, 0.25) is 0 Å². The van der Waals surface area contributed by atoms with Crippen LogP contribution in [0.5, 0.6) is 23.0 Å². The monoisotopic (exact) mass is 640 g/mol. The average molecular weight is 641 g/mol. The van der Waals surface area contributed by atoms with Crippen LogP contribution in [0.4, 0.5) is 0 Å². The van der Waals surface area contributed by atoms with Crippen LogP contribution >= 0.6 is 0 Å². The fourth-order valence-corrected chi connectivity index (χ4v) is 4.61. The summed E-state index contributed by atoms with van der Waals surface area (Å²) in [5.41, 5.74) is -1.25. The predicted octanol–water partition coefficient (Wildman–Crippen LogP) is 5.26. The molecule has 0 amide bonds. The SMILES string of the molecule is N#Cc1cccc(OCC(COc2cccc(C#N)c2C#N)(COc2cccc(C#N)c2C#N)COc2cccc(C#N)c2C#N)c1C#N. The highest BCUT2D eigenvalue weighted by Gasteiger charge is 2.37. The molecule has 0 aromatic heterocycles. The molecule has 0 spiro atoms. The van der Waals surface area contributed by atoms with E-state index in [0.717, 1.165) is 0 Å². The van der Waals surface area contributed by atoms with Crippen molar-refractivity contribution in [2.45, 2.75) is 0 Å². The largest absolute Gasteiger partial charge is 0.491 e. The van der Waals surface area contributed by atoms with Crippen molar-refractivity contribution in [3.05, 3.63) is 117 Å². The third kappa shape index (κ3) is 7.46. The normalized spacial score (nSPS) is 9.80. The fraction of sp³-hybridized carbons (Fsp3) is 0.135. The van der Waals surface area contributed by atoms with Gasteiger partial charge in [-0.3, -0.25) is 0 Å². The van der Waals surface area contributed by atoms with Gasteiger partial charge in [-0.15, -0.1) is 0 Å². The summed E-state index contributed by atoms with van der Waals surface area (Å²) in [6, 6.07) is 33.6. The number of rotatable bonds is 12. The molecule has 4 aromatic rings. The topological polar surface area (TPSA) is 227 Å². The highest BCUT2D eigenvalue weighted by atomic mass is 16.5. The minimum absolute atomic E-state index is 0.0304. The van der Waals surface area contributed by atoms with Crippen LogP contribution in [0.15, 0.2) is 72.8 Å². The minimum atomic E-state index is -1.41. The first-order valence-corrected chi connectivity index (χ1v) is 14.2. The Labute approximate surface area is 281 Å². The summed E-state index contributed by atoms with van der Waals surface area (Å²) in [5.74, 6) is 0.235. The first-order valence-electron chi connectivity index (χ1n) is 14.2. The molecule has 0 aliphatic carbocycles. The average Bonchev–Trinajstić information content (AvgIpc) is 3.16. The zero-order valence-electron chi connectivity index (χ0n) is 25.5. The molecule has 12 heteroatoms. The van der Waals surface area contributed by atoms with E-state index < -0.39 is 5.41 Å². The lowest BCUT2D eigenvalue weighted by molar-refractivity contribution is -0.00381. The Balaban J connectivity index is 1.84. The van der Waals surface area contributed by atoms with Gasteiger partial charge < -0.3 is 18.9 Å². The summed E-state index contributed by atoms with van der Waals surface area (Å²) in [5, 5.41) is 77.4. The molecule has 0 saturated carbocycles. The standard InChI is InChI=1S/C37H20N8O4/c38-13-25-5-1-9-33(29(25)17-42)46-21-37(22-47-34-10-2-6-26(14-39)30(34)18-43,23-48-35-11-3-7-27(15-40)31(35)19-44)24-49-36-12-4-8-28(16-41)32(36)20-45/h1-12H,21-24H2. The van der Waals surface area contributed by atoms with Gasteiger partial charge >= 0.3 is 0 Å². The summed E-state index contributed by atoms with van der Waals surface area (Å²) >= 11 is 0. The molecule has 0 N–H and O–H groups in total. The van der Waals surface area contributed by atoms with E-state index in [-0.39, 0.29) is 93.9 Å². The number of ether oxygens (including phenoxy) is 4. The van der Waals surface area contributed by atoms with Crippen molar-refractivity contribution in [1.82, 2.24) is 0 Å². The molecule has 4 aromatic carbocycles. The maximum Gasteiger partial charge on any atom is 0.138 e. The lowest BCUT2D eigenvalue weighted by Gasteiger charge is -2.33. The van der Waals surface area contributed by atoms with E-state index in [2.05, 4.69) is 0 Å². The van der Waals surface area contributed by atoms with E-state index in [0.29, 0.717) is 0 Å². The van der Waals surface area contributed by atoms with Crippen LogP contribution < -0.4 is 18.9 Å². The van der Waals surface area contributed by atoms with Crippen molar-refractivity contribution in [2.75, 3.05) is 26.4 Å². The van der Waals surface area contributed by atoms with Crippen molar-refractivity contribution in [3.8, 4) is 71.6 Å². The Morgan fingerprint density at radius 1 is 0.347 bits per heavy atom. The minimum Gasteiger partial charge on any atom is -0.491 e. The van der Waals surface area contributed by atoms with Crippen LogP contribution in [-0.4, -0.2) is 26.4 Å². The third-order valence-electron chi connectivity index (χ3n) is 7.17. The van der Waals surface area contributed by atoms with Gasteiger partial charge in [0, 0.05) is 0 Å². The molecule has 0 aliphatic rings. The zero-order valence-corrected chi connectivity index (χ0v) is 25.5. The first kappa shape index (κ1) is 33.9. The molecule has 0 saturated heterocycles. The van der Waals surface area contributed by atoms with Gasteiger partial charge in [0.15, 0.2) is 0 Å². The number of nitrogens with zero attached hydrogens (tertiary/aromatic N) is 8.